The summed E-state index contributed by atoms with van der Waals surface area (Å²) in [5.74, 6) is 1.34. The summed E-state index contributed by atoms with van der Waals surface area (Å²) < 4.78 is 16.9. The van der Waals surface area contributed by atoms with Gasteiger partial charge in [-0.25, -0.2) is 0 Å². The van der Waals surface area contributed by atoms with Crippen LogP contribution in [-0.4, -0.2) is 25.8 Å². The standard InChI is InChI=1S/C24H36O4/c1-18(2)8-5-9-19(3)14-15-27-21-11-6-10-20(16-21)23-13-7-12-22(28-23)17-24(25)26-4/h6,8,10-11,16,19,22-23H,5,7,9,12-15,17H2,1-4H3/t19-,22-,23+/m0/s1. The van der Waals surface area contributed by atoms with Crippen LogP contribution in [0.25, 0.3) is 0 Å². The molecule has 0 aliphatic carbocycles. The molecule has 1 aliphatic heterocycles. The molecule has 28 heavy (non-hydrogen) atoms. The zero-order chi connectivity index (χ0) is 20.4. The van der Waals surface area contributed by atoms with Gasteiger partial charge in [0.05, 0.1) is 32.3 Å². The average molecular weight is 389 g/mol. The number of methoxy groups -OCH3 is 1. The van der Waals surface area contributed by atoms with Crippen molar-refractivity contribution in [2.45, 2.75) is 77.9 Å². The zero-order valence-corrected chi connectivity index (χ0v) is 17.9. The topological polar surface area (TPSA) is 44.8 Å². The van der Waals surface area contributed by atoms with Gasteiger partial charge in [-0.3, -0.25) is 4.79 Å². The second kappa shape index (κ2) is 11.9. The number of rotatable bonds is 10. The van der Waals surface area contributed by atoms with Crippen LogP contribution in [0.15, 0.2) is 35.9 Å². The lowest BCUT2D eigenvalue weighted by Crippen LogP contribution is -2.25. The lowest BCUT2D eigenvalue weighted by Gasteiger charge is -2.30. The molecule has 1 aromatic rings. The van der Waals surface area contributed by atoms with Crippen LogP contribution in [0.5, 0.6) is 5.75 Å². The van der Waals surface area contributed by atoms with Crippen molar-refractivity contribution in [1.82, 2.24) is 0 Å². The first-order chi connectivity index (χ1) is 13.5. The molecule has 3 atom stereocenters. The van der Waals surface area contributed by atoms with Crippen LogP contribution < -0.4 is 4.74 Å². The Bertz CT molecular complexity index is 633. The molecular weight excluding hydrogens is 352 g/mol. The minimum absolute atomic E-state index is 0.0231. The predicted molar refractivity (Wildman–Crippen MR) is 112 cm³/mol. The van der Waals surface area contributed by atoms with Crippen LogP contribution in [0, 0.1) is 5.92 Å². The summed E-state index contributed by atoms with van der Waals surface area (Å²) in [4.78, 5) is 11.5. The van der Waals surface area contributed by atoms with Crippen molar-refractivity contribution in [3.63, 3.8) is 0 Å². The van der Waals surface area contributed by atoms with E-state index in [2.05, 4.69) is 39.0 Å². The number of hydrogen-bond acceptors (Lipinski definition) is 4. The third kappa shape index (κ3) is 8.05. The zero-order valence-electron chi connectivity index (χ0n) is 17.9. The van der Waals surface area contributed by atoms with E-state index in [9.17, 15) is 4.79 Å². The highest BCUT2D eigenvalue weighted by Crippen LogP contribution is 2.33. The molecule has 1 heterocycles. The van der Waals surface area contributed by atoms with Gasteiger partial charge in [-0.1, -0.05) is 30.7 Å². The summed E-state index contributed by atoms with van der Waals surface area (Å²) in [7, 11) is 1.42. The Hall–Kier alpha value is -1.81. The molecule has 0 spiro atoms. The van der Waals surface area contributed by atoms with Crippen LogP contribution in [-0.2, 0) is 14.3 Å². The molecule has 0 N–H and O–H groups in total. The van der Waals surface area contributed by atoms with E-state index in [1.165, 1.54) is 19.1 Å². The molecule has 0 unspecified atom stereocenters. The average Bonchev–Trinajstić information content (AvgIpc) is 2.68. The molecule has 1 aliphatic rings. The predicted octanol–water partition coefficient (Wildman–Crippen LogP) is 6.01. The van der Waals surface area contributed by atoms with E-state index in [0.29, 0.717) is 12.3 Å². The number of carbonyl (C=O) groups excluding carboxylic acids is 1. The molecule has 1 saturated heterocycles. The summed E-state index contributed by atoms with van der Waals surface area (Å²) in [5, 5.41) is 0. The molecule has 0 saturated carbocycles. The van der Waals surface area contributed by atoms with Crippen molar-refractivity contribution in [3.05, 3.63) is 41.5 Å². The number of hydrogen-bond donors (Lipinski definition) is 0. The fourth-order valence-electron chi connectivity index (χ4n) is 3.55. The van der Waals surface area contributed by atoms with Gasteiger partial charge in [-0.15, -0.1) is 0 Å². The molecule has 0 amide bonds. The smallest absolute Gasteiger partial charge is 0.308 e. The number of benzene rings is 1. The lowest BCUT2D eigenvalue weighted by atomic mass is 9.97. The minimum Gasteiger partial charge on any atom is -0.494 e. The quantitative estimate of drug-likeness (QED) is 0.364. The summed E-state index contributed by atoms with van der Waals surface area (Å²) in [6.07, 6.45) is 8.94. The van der Waals surface area contributed by atoms with Gasteiger partial charge in [0.25, 0.3) is 0 Å². The van der Waals surface area contributed by atoms with Crippen LogP contribution in [0.2, 0.25) is 0 Å². The molecular formula is C24H36O4. The fourth-order valence-corrected chi connectivity index (χ4v) is 3.55. The molecule has 0 radical (unpaired) electrons. The normalized spacial score (nSPS) is 20.3. The summed E-state index contributed by atoms with van der Waals surface area (Å²) in [5.41, 5.74) is 2.52. The van der Waals surface area contributed by atoms with Gasteiger partial charge < -0.3 is 14.2 Å². The first-order valence-corrected chi connectivity index (χ1v) is 10.6. The van der Waals surface area contributed by atoms with Crippen molar-refractivity contribution < 1.29 is 19.0 Å². The van der Waals surface area contributed by atoms with Gasteiger partial charge in [0, 0.05) is 0 Å². The van der Waals surface area contributed by atoms with Gasteiger partial charge in [0.2, 0.25) is 0 Å². The molecule has 4 nitrogen and oxygen atoms in total. The van der Waals surface area contributed by atoms with E-state index < -0.39 is 0 Å². The molecule has 2 rings (SSSR count). The number of ether oxygens (including phenoxy) is 3. The Morgan fingerprint density at radius 3 is 2.86 bits per heavy atom. The van der Waals surface area contributed by atoms with E-state index in [-0.39, 0.29) is 18.2 Å². The Labute approximate surface area is 170 Å². The molecule has 1 aromatic carbocycles. The Morgan fingerprint density at radius 1 is 1.29 bits per heavy atom. The van der Waals surface area contributed by atoms with Gasteiger partial charge >= 0.3 is 5.97 Å². The highest BCUT2D eigenvalue weighted by Gasteiger charge is 2.26. The largest absolute Gasteiger partial charge is 0.494 e. The SMILES string of the molecule is COC(=O)C[C@@H]1CCC[C@H](c2cccc(OCC[C@@H](C)CCC=C(C)C)c2)O1. The van der Waals surface area contributed by atoms with Crippen LogP contribution in [0.1, 0.15) is 77.4 Å². The Balaban J connectivity index is 1.81. The molecule has 0 aromatic heterocycles. The number of esters is 1. The third-order valence-corrected chi connectivity index (χ3v) is 5.29. The number of carbonyl (C=O) groups is 1. The lowest BCUT2D eigenvalue weighted by molar-refractivity contribution is -0.147. The van der Waals surface area contributed by atoms with Crippen LogP contribution in [0.3, 0.4) is 0 Å². The van der Waals surface area contributed by atoms with Crippen molar-refractivity contribution in [2.75, 3.05) is 13.7 Å². The molecule has 4 heteroatoms. The third-order valence-electron chi connectivity index (χ3n) is 5.29. The first kappa shape index (κ1) is 22.5. The minimum atomic E-state index is -0.207. The molecule has 0 bridgehead atoms. The van der Waals surface area contributed by atoms with Crippen molar-refractivity contribution in [3.8, 4) is 5.75 Å². The van der Waals surface area contributed by atoms with E-state index in [1.807, 2.05) is 12.1 Å². The highest BCUT2D eigenvalue weighted by atomic mass is 16.5. The first-order valence-electron chi connectivity index (χ1n) is 10.6. The van der Waals surface area contributed by atoms with Gasteiger partial charge in [-0.2, -0.15) is 0 Å². The monoisotopic (exact) mass is 388 g/mol. The van der Waals surface area contributed by atoms with Crippen LogP contribution >= 0.6 is 0 Å². The number of allylic oxidation sites excluding steroid dienone is 2. The van der Waals surface area contributed by atoms with Crippen molar-refractivity contribution >= 4 is 5.97 Å². The van der Waals surface area contributed by atoms with E-state index >= 15 is 0 Å². The van der Waals surface area contributed by atoms with Gasteiger partial charge in [0.1, 0.15) is 5.75 Å². The van der Waals surface area contributed by atoms with Gasteiger partial charge in [-0.05, 0) is 76.0 Å². The maximum absolute atomic E-state index is 11.5. The summed E-state index contributed by atoms with van der Waals surface area (Å²) >= 11 is 0. The highest BCUT2D eigenvalue weighted by molar-refractivity contribution is 5.69. The molecule has 1 fully saturated rings. The second-order valence-corrected chi connectivity index (χ2v) is 8.13. The maximum Gasteiger partial charge on any atom is 0.308 e. The summed E-state index contributed by atoms with van der Waals surface area (Å²) in [6, 6.07) is 8.20. The Kier molecular flexibility index (Phi) is 9.56. The van der Waals surface area contributed by atoms with E-state index in [1.54, 1.807) is 0 Å². The van der Waals surface area contributed by atoms with E-state index in [4.69, 9.17) is 14.2 Å². The van der Waals surface area contributed by atoms with E-state index in [0.717, 1.165) is 50.0 Å². The maximum atomic E-state index is 11.5. The van der Waals surface area contributed by atoms with Crippen molar-refractivity contribution in [2.24, 2.45) is 5.92 Å². The van der Waals surface area contributed by atoms with Crippen LogP contribution in [0.4, 0.5) is 0 Å². The Morgan fingerprint density at radius 2 is 2.11 bits per heavy atom. The van der Waals surface area contributed by atoms with Crippen molar-refractivity contribution in [1.29, 1.82) is 0 Å². The van der Waals surface area contributed by atoms with Gasteiger partial charge in [0.15, 0.2) is 0 Å². The summed E-state index contributed by atoms with van der Waals surface area (Å²) in [6.45, 7) is 7.31. The second-order valence-electron chi connectivity index (χ2n) is 8.13. The fraction of sp³-hybridized carbons (Fsp3) is 0.625. The molecule has 156 valence electrons.